The van der Waals surface area contributed by atoms with Gasteiger partial charge < -0.3 is 10.2 Å². The summed E-state index contributed by atoms with van der Waals surface area (Å²) in [6.07, 6.45) is 4.45. The summed E-state index contributed by atoms with van der Waals surface area (Å²) in [6, 6.07) is 6.53. The maximum atomic E-state index is 12.6. The van der Waals surface area contributed by atoms with Crippen LogP contribution in [0.5, 0.6) is 0 Å². The van der Waals surface area contributed by atoms with E-state index in [2.05, 4.69) is 17.1 Å². The predicted octanol–water partition coefficient (Wildman–Crippen LogP) is 2.53. The number of benzene rings is 1. The first-order chi connectivity index (χ1) is 11.9. The van der Waals surface area contributed by atoms with E-state index < -0.39 is 10.0 Å². The summed E-state index contributed by atoms with van der Waals surface area (Å²) < 4.78 is 26.7. The van der Waals surface area contributed by atoms with Gasteiger partial charge in [0.2, 0.25) is 15.9 Å². The molecule has 0 spiro atoms. The molecule has 0 aliphatic carbocycles. The molecule has 1 heterocycles. The predicted molar refractivity (Wildman–Crippen MR) is 100 cm³/mol. The highest BCUT2D eigenvalue weighted by atomic mass is 32.2. The molecule has 0 unspecified atom stereocenters. The SMILES string of the molecule is CCCCN(C)CCC(=O)Nc1cccc(S(=O)(=O)N2CCCC2)c1. The molecule has 0 aromatic heterocycles. The largest absolute Gasteiger partial charge is 0.326 e. The van der Waals surface area contributed by atoms with Crippen LogP contribution in [0, 0.1) is 0 Å². The Labute approximate surface area is 151 Å². The standard InChI is InChI=1S/C18H29N3O3S/c1-3-4-11-20(2)14-10-18(22)19-16-8-7-9-17(15-16)25(23,24)21-12-5-6-13-21/h7-9,15H,3-6,10-14H2,1-2H3,(H,19,22). The third-order valence-electron chi connectivity index (χ3n) is 4.43. The molecule has 0 radical (unpaired) electrons. The van der Waals surface area contributed by atoms with E-state index in [4.69, 9.17) is 0 Å². The maximum Gasteiger partial charge on any atom is 0.243 e. The molecule has 0 bridgehead atoms. The van der Waals surface area contributed by atoms with Crippen molar-refractivity contribution in [3.8, 4) is 0 Å². The van der Waals surface area contributed by atoms with Crippen LogP contribution in [0.25, 0.3) is 0 Å². The van der Waals surface area contributed by atoms with E-state index in [-0.39, 0.29) is 10.8 Å². The lowest BCUT2D eigenvalue weighted by molar-refractivity contribution is -0.116. The van der Waals surface area contributed by atoms with Crippen molar-refractivity contribution in [3.63, 3.8) is 0 Å². The van der Waals surface area contributed by atoms with Crippen LogP contribution in [0.4, 0.5) is 5.69 Å². The summed E-state index contributed by atoms with van der Waals surface area (Å²) >= 11 is 0. The number of hydrogen-bond donors (Lipinski definition) is 1. The Kier molecular flexibility index (Phi) is 7.40. The van der Waals surface area contributed by atoms with Crippen LogP contribution >= 0.6 is 0 Å². The van der Waals surface area contributed by atoms with Crippen molar-refractivity contribution < 1.29 is 13.2 Å². The van der Waals surface area contributed by atoms with E-state index in [1.165, 1.54) is 4.31 Å². The highest BCUT2D eigenvalue weighted by Crippen LogP contribution is 2.23. The maximum absolute atomic E-state index is 12.6. The molecule has 0 atom stereocenters. The van der Waals surface area contributed by atoms with E-state index in [0.29, 0.717) is 31.7 Å². The lowest BCUT2D eigenvalue weighted by Gasteiger charge is -2.17. The van der Waals surface area contributed by atoms with Gasteiger partial charge in [0.25, 0.3) is 0 Å². The van der Waals surface area contributed by atoms with Crippen LogP contribution in [-0.4, -0.2) is 56.8 Å². The van der Waals surface area contributed by atoms with E-state index in [0.717, 1.165) is 32.2 Å². The van der Waals surface area contributed by atoms with Gasteiger partial charge in [-0.15, -0.1) is 0 Å². The Morgan fingerprint density at radius 3 is 2.64 bits per heavy atom. The summed E-state index contributed by atoms with van der Waals surface area (Å²) in [5, 5.41) is 2.81. The molecule has 25 heavy (non-hydrogen) atoms. The molecule has 1 aliphatic rings. The number of hydrogen-bond acceptors (Lipinski definition) is 4. The number of carbonyl (C=O) groups is 1. The van der Waals surface area contributed by atoms with Gasteiger partial charge in [0.15, 0.2) is 0 Å². The van der Waals surface area contributed by atoms with Gasteiger partial charge >= 0.3 is 0 Å². The minimum Gasteiger partial charge on any atom is -0.326 e. The average molecular weight is 368 g/mol. The van der Waals surface area contributed by atoms with Gasteiger partial charge in [-0.1, -0.05) is 19.4 Å². The third kappa shape index (κ3) is 5.80. The van der Waals surface area contributed by atoms with E-state index >= 15 is 0 Å². The fourth-order valence-corrected chi connectivity index (χ4v) is 4.43. The summed E-state index contributed by atoms with van der Waals surface area (Å²) in [7, 11) is -1.45. The Balaban J connectivity index is 1.93. The Morgan fingerprint density at radius 1 is 1.24 bits per heavy atom. The molecule has 1 saturated heterocycles. The van der Waals surface area contributed by atoms with Crippen molar-refractivity contribution in [3.05, 3.63) is 24.3 Å². The van der Waals surface area contributed by atoms with E-state index in [9.17, 15) is 13.2 Å². The zero-order chi connectivity index (χ0) is 18.3. The first-order valence-corrected chi connectivity index (χ1v) is 10.5. The molecule has 1 aromatic rings. The minimum atomic E-state index is -3.46. The fourth-order valence-electron chi connectivity index (χ4n) is 2.87. The summed E-state index contributed by atoms with van der Waals surface area (Å²) in [4.78, 5) is 14.5. The zero-order valence-electron chi connectivity index (χ0n) is 15.2. The normalized spacial score (nSPS) is 15.6. The Bertz CT molecular complexity index is 670. The molecular weight excluding hydrogens is 338 g/mol. The van der Waals surface area contributed by atoms with Gasteiger partial charge in [0.1, 0.15) is 0 Å². The molecule has 6 nitrogen and oxygen atoms in total. The highest BCUT2D eigenvalue weighted by molar-refractivity contribution is 7.89. The van der Waals surface area contributed by atoms with Crippen LogP contribution in [0.2, 0.25) is 0 Å². The molecule has 1 amide bonds. The Hall–Kier alpha value is -1.44. The quantitative estimate of drug-likeness (QED) is 0.728. The number of anilines is 1. The van der Waals surface area contributed by atoms with Crippen molar-refractivity contribution >= 4 is 21.6 Å². The van der Waals surface area contributed by atoms with E-state index in [1.54, 1.807) is 24.3 Å². The minimum absolute atomic E-state index is 0.0981. The first-order valence-electron chi connectivity index (χ1n) is 9.02. The van der Waals surface area contributed by atoms with Gasteiger partial charge in [-0.3, -0.25) is 4.79 Å². The molecule has 2 rings (SSSR count). The van der Waals surface area contributed by atoms with Gasteiger partial charge in [-0.25, -0.2) is 8.42 Å². The first kappa shape index (κ1) is 19.9. The monoisotopic (exact) mass is 367 g/mol. The Morgan fingerprint density at radius 2 is 1.96 bits per heavy atom. The van der Waals surface area contributed by atoms with Crippen molar-refractivity contribution in [1.29, 1.82) is 0 Å². The second kappa shape index (κ2) is 9.31. The number of unbranched alkanes of at least 4 members (excludes halogenated alkanes) is 1. The van der Waals surface area contributed by atoms with Crippen LogP contribution < -0.4 is 5.32 Å². The van der Waals surface area contributed by atoms with Crippen LogP contribution in [0.15, 0.2) is 29.2 Å². The van der Waals surface area contributed by atoms with Crippen molar-refractivity contribution in [2.75, 3.05) is 38.5 Å². The number of nitrogens with one attached hydrogen (secondary N) is 1. The highest BCUT2D eigenvalue weighted by Gasteiger charge is 2.27. The second-order valence-corrected chi connectivity index (χ2v) is 8.53. The third-order valence-corrected chi connectivity index (χ3v) is 6.33. The van der Waals surface area contributed by atoms with Gasteiger partial charge in [-0.05, 0) is 51.1 Å². The summed E-state index contributed by atoms with van der Waals surface area (Å²) in [6.45, 7) is 4.96. The summed E-state index contributed by atoms with van der Waals surface area (Å²) in [5.41, 5.74) is 0.529. The molecule has 140 valence electrons. The number of rotatable bonds is 9. The lowest BCUT2D eigenvalue weighted by atomic mass is 10.3. The number of sulfonamides is 1. The van der Waals surface area contributed by atoms with Gasteiger partial charge in [-0.2, -0.15) is 4.31 Å². The van der Waals surface area contributed by atoms with Crippen molar-refractivity contribution in [1.82, 2.24) is 9.21 Å². The molecule has 0 saturated carbocycles. The lowest BCUT2D eigenvalue weighted by Crippen LogP contribution is -2.28. The number of amides is 1. The molecule has 1 aliphatic heterocycles. The number of carbonyl (C=O) groups excluding carboxylic acids is 1. The topological polar surface area (TPSA) is 69.7 Å². The molecule has 7 heteroatoms. The van der Waals surface area contributed by atoms with Crippen molar-refractivity contribution in [2.45, 2.75) is 43.9 Å². The smallest absolute Gasteiger partial charge is 0.243 e. The van der Waals surface area contributed by atoms with Crippen LogP contribution in [-0.2, 0) is 14.8 Å². The molecule has 1 aromatic carbocycles. The second-order valence-electron chi connectivity index (χ2n) is 6.59. The van der Waals surface area contributed by atoms with Crippen molar-refractivity contribution in [2.24, 2.45) is 0 Å². The van der Waals surface area contributed by atoms with Gasteiger partial charge in [0, 0.05) is 31.7 Å². The fraction of sp³-hybridized carbons (Fsp3) is 0.611. The zero-order valence-corrected chi connectivity index (χ0v) is 16.0. The summed E-state index contributed by atoms with van der Waals surface area (Å²) in [5.74, 6) is -0.0981. The molecular formula is C18H29N3O3S. The van der Waals surface area contributed by atoms with E-state index in [1.807, 2.05) is 7.05 Å². The van der Waals surface area contributed by atoms with Crippen LogP contribution in [0.1, 0.15) is 39.0 Å². The molecule has 1 fully saturated rings. The van der Waals surface area contributed by atoms with Crippen LogP contribution in [0.3, 0.4) is 0 Å². The van der Waals surface area contributed by atoms with Gasteiger partial charge in [0.05, 0.1) is 4.90 Å². The average Bonchev–Trinajstić information content (AvgIpc) is 3.14. The molecule has 1 N–H and O–H groups in total. The number of nitrogens with zero attached hydrogens (tertiary/aromatic N) is 2.